The van der Waals surface area contributed by atoms with Gasteiger partial charge in [0, 0.05) is 38.8 Å². The number of piperazine rings is 1. The minimum absolute atomic E-state index is 0.00887. The number of nitrogens with one attached hydrogen (secondary N) is 2. The Balaban J connectivity index is 1.32. The van der Waals surface area contributed by atoms with Crippen LogP contribution in [0.1, 0.15) is 18.4 Å². The average molecular weight is 342 g/mol. The number of amides is 3. The van der Waals surface area contributed by atoms with Gasteiger partial charge in [-0.05, 0) is 18.4 Å². The monoisotopic (exact) mass is 342 g/mol. The first kappa shape index (κ1) is 17.5. The van der Waals surface area contributed by atoms with E-state index in [0.29, 0.717) is 19.1 Å². The molecule has 0 radical (unpaired) electrons. The molecule has 6 heteroatoms. The number of benzene rings is 1. The Labute approximate surface area is 148 Å². The third kappa shape index (κ3) is 5.90. The zero-order chi connectivity index (χ0) is 17.5. The highest BCUT2D eigenvalue weighted by Gasteiger charge is 2.24. The van der Waals surface area contributed by atoms with Crippen LogP contribution in [0.4, 0.5) is 4.79 Å². The van der Waals surface area contributed by atoms with E-state index in [4.69, 9.17) is 0 Å². The molecule has 1 aliphatic carbocycles. The lowest BCUT2D eigenvalue weighted by atomic mass is 10.2. The Hall–Kier alpha value is -2.34. The van der Waals surface area contributed by atoms with E-state index in [9.17, 15) is 9.59 Å². The van der Waals surface area contributed by atoms with Crippen LogP contribution in [0.5, 0.6) is 0 Å². The van der Waals surface area contributed by atoms with Crippen molar-refractivity contribution < 1.29 is 9.59 Å². The molecule has 2 N–H and O–H groups in total. The number of carbonyl (C=O) groups is 2. The molecular formula is C19H26N4O2. The molecule has 6 nitrogen and oxygen atoms in total. The molecule has 0 aromatic heterocycles. The van der Waals surface area contributed by atoms with Crippen LogP contribution >= 0.6 is 0 Å². The molecule has 25 heavy (non-hydrogen) atoms. The van der Waals surface area contributed by atoms with Crippen molar-refractivity contribution in [1.82, 2.24) is 20.4 Å². The fourth-order valence-electron chi connectivity index (χ4n) is 2.81. The highest BCUT2D eigenvalue weighted by molar-refractivity contribution is 5.84. The van der Waals surface area contributed by atoms with Crippen LogP contribution in [0.25, 0.3) is 6.08 Å². The molecule has 134 valence electrons. The Kier molecular flexibility index (Phi) is 6.06. The summed E-state index contributed by atoms with van der Waals surface area (Å²) in [5.74, 6) is -0.00887. The number of nitrogens with zero attached hydrogens (tertiary/aromatic N) is 2. The lowest BCUT2D eigenvalue weighted by molar-refractivity contribution is -0.131. The van der Waals surface area contributed by atoms with Crippen molar-refractivity contribution >= 4 is 18.0 Å². The summed E-state index contributed by atoms with van der Waals surface area (Å²) in [7, 11) is 0. The Bertz CT molecular complexity index is 605. The van der Waals surface area contributed by atoms with Crippen LogP contribution in [0, 0.1) is 0 Å². The van der Waals surface area contributed by atoms with Crippen molar-refractivity contribution in [2.75, 3.05) is 39.3 Å². The van der Waals surface area contributed by atoms with E-state index in [2.05, 4.69) is 39.8 Å². The molecule has 1 saturated heterocycles. The molecular weight excluding hydrogens is 316 g/mol. The first-order valence-corrected chi connectivity index (χ1v) is 8.97. The van der Waals surface area contributed by atoms with Crippen LogP contribution in [0.15, 0.2) is 36.4 Å². The first-order chi connectivity index (χ1) is 12.2. The van der Waals surface area contributed by atoms with Gasteiger partial charge >= 0.3 is 6.03 Å². The number of rotatable bonds is 6. The van der Waals surface area contributed by atoms with E-state index < -0.39 is 0 Å². The maximum absolute atomic E-state index is 12.2. The molecule has 1 saturated carbocycles. The SMILES string of the molecule is O=C(NCC(=O)N1CCN(C/C=C/c2ccccc2)CC1)NC1CC1. The Morgan fingerprint density at radius 2 is 1.80 bits per heavy atom. The van der Waals surface area contributed by atoms with Gasteiger partial charge < -0.3 is 15.5 Å². The zero-order valence-electron chi connectivity index (χ0n) is 14.5. The topological polar surface area (TPSA) is 64.7 Å². The summed E-state index contributed by atoms with van der Waals surface area (Å²) >= 11 is 0. The molecule has 0 unspecified atom stereocenters. The second-order valence-corrected chi connectivity index (χ2v) is 6.60. The number of hydrogen-bond acceptors (Lipinski definition) is 3. The summed E-state index contributed by atoms with van der Waals surface area (Å²) in [6.07, 6.45) is 6.38. The maximum atomic E-state index is 12.2. The van der Waals surface area contributed by atoms with Gasteiger partial charge in [0.2, 0.25) is 5.91 Å². The Morgan fingerprint density at radius 3 is 2.48 bits per heavy atom. The second-order valence-electron chi connectivity index (χ2n) is 6.60. The molecule has 3 amide bonds. The van der Waals surface area contributed by atoms with Crippen molar-refractivity contribution in [3.8, 4) is 0 Å². The van der Waals surface area contributed by atoms with Crippen molar-refractivity contribution in [2.24, 2.45) is 0 Å². The molecule has 1 aromatic carbocycles. The third-order valence-electron chi connectivity index (χ3n) is 4.51. The summed E-state index contributed by atoms with van der Waals surface area (Å²) in [6, 6.07) is 10.3. The van der Waals surface area contributed by atoms with Gasteiger partial charge in [-0.25, -0.2) is 4.79 Å². The van der Waals surface area contributed by atoms with Crippen LogP contribution < -0.4 is 10.6 Å². The Morgan fingerprint density at radius 1 is 1.08 bits per heavy atom. The first-order valence-electron chi connectivity index (χ1n) is 8.97. The molecule has 0 bridgehead atoms. The van der Waals surface area contributed by atoms with E-state index in [1.54, 1.807) is 0 Å². The lowest BCUT2D eigenvalue weighted by Gasteiger charge is -2.34. The van der Waals surface area contributed by atoms with Gasteiger partial charge in [-0.15, -0.1) is 0 Å². The normalized spacial score (nSPS) is 18.3. The standard InChI is InChI=1S/C19H26N4O2/c24-18(15-20-19(25)21-17-8-9-17)23-13-11-22(12-14-23)10-4-7-16-5-2-1-3-6-16/h1-7,17H,8-15H2,(H2,20,21,25)/b7-4+. The van der Waals surface area contributed by atoms with Gasteiger partial charge in [0.25, 0.3) is 0 Å². The van der Waals surface area contributed by atoms with E-state index in [1.807, 2.05) is 23.1 Å². The fourth-order valence-corrected chi connectivity index (χ4v) is 2.81. The second kappa shape index (κ2) is 8.67. The number of urea groups is 1. The van der Waals surface area contributed by atoms with E-state index in [1.165, 1.54) is 5.56 Å². The molecule has 2 fully saturated rings. The third-order valence-corrected chi connectivity index (χ3v) is 4.51. The molecule has 1 heterocycles. The van der Waals surface area contributed by atoms with Crippen molar-refractivity contribution in [3.05, 3.63) is 42.0 Å². The van der Waals surface area contributed by atoms with Crippen LogP contribution in [-0.4, -0.2) is 67.0 Å². The summed E-state index contributed by atoms with van der Waals surface area (Å²) in [6.45, 7) is 4.11. The highest BCUT2D eigenvalue weighted by Crippen LogP contribution is 2.18. The smallest absolute Gasteiger partial charge is 0.315 e. The minimum Gasteiger partial charge on any atom is -0.339 e. The van der Waals surface area contributed by atoms with Gasteiger partial charge in [0.05, 0.1) is 6.54 Å². The quantitative estimate of drug-likeness (QED) is 0.819. The van der Waals surface area contributed by atoms with Crippen LogP contribution in [0.2, 0.25) is 0 Å². The lowest BCUT2D eigenvalue weighted by Crippen LogP contribution is -2.51. The summed E-state index contributed by atoms with van der Waals surface area (Å²) < 4.78 is 0. The molecule has 1 aliphatic heterocycles. The summed E-state index contributed by atoms with van der Waals surface area (Å²) in [4.78, 5) is 27.9. The predicted molar refractivity (Wildman–Crippen MR) is 98.1 cm³/mol. The van der Waals surface area contributed by atoms with E-state index in [-0.39, 0.29) is 18.5 Å². The molecule has 3 rings (SSSR count). The molecule has 0 spiro atoms. The van der Waals surface area contributed by atoms with Crippen molar-refractivity contribution in [2.45, 2.75) is 18.9 Å². The van der Waals surface area contributed by atoms with Gasteiger partial charge in [-0.3, -0.25) is 9.69 Å². The molecule has 2 aliphatic rings. The summed E-state index contributed by atoms with van der Waals surface area (Å²) in [5.41, 5.74) is 1.20. The van der Waals surface area contributed by atoms with Crippen molar-refractivity contribution in [1.29, 1.82) is 0 Å². The van der Waals surface area contributed by atoms with Gasteiger partial charge in [0.1, 0.15) is 0 Å². The zero-order valence-corrected chi connectivity index (χ0v) is 14.5. The highest BCUT2D eigenvalue weighted by atomic mass is 16.2. The predicted octanol–water partition coefficient (Wildman–Crippen LogP) is 1.31. The average Bonchev–Trinajstić information content (AvgIpc) is 3.45. The maximum Gasteiger partial charge on any atom is 0.315 e. The molecule has 0 atom stereocenters. The summed E-state index contributed by atoms with van der Waals surface area (Å²) in [5, 5.41) is 5.47. The molecule has 1 aromatic rings. The minimum atomic E-state index is -0.236. The number of hydrogen-bond donors (Lipinski definition) is 2. The van der Waals surface area contributed by atoms with Crippen molar-refractivity contribution in [3.63, 3.8) is 0 Å². The largest absolute Gasteiger partial charge is 0.339 e. The van der Waals surface area contributed by atoms with Crippen LogP contribution in [-0.2, 0) is 4.79 Å². The van der Waals surface area contributed by atoms with Gasteiger partial charge in [0.15, 0.2) is 0 Å². The number of carbonyl (C=O) groups excluding carboxylic acids is 2. The van der Waals surface area contributed by atoms with Gasteiger partial charge in [-0.1, -0.05) is 42.5 Å². The fraction of sp³-hybridized carbons (Fsp3) is 0.474. The van der Waals surface area contributed by atoms with Crippen LogP contribution in [0.3, 0.4) is 0 Å². The van der Waals surface area contributed by atoms with Gasteiger partial charge in [-0.2, -0.15) is 0 Å². The van der Waals surface area contributed by atoms with E-state index in [0.717, 1.165) is 32.5 Å². The van der Waals surface area contributed by atoms with E-state index >= 15 is 0 Å².